The quantitative estimate of drug-likeness (QED) is 0.793. The average molecular weight is 224 g/mol. The highest BCUT2D eigenvalue weighted by Gasteiger charge is 2.13. The monoisotopic (exact) mass is 224 g/mol. The number of halogens is 1. The molecule has 0 radical (unpaired) electrons. The van der Waals surface area contributed by atoms with Crippen molar-refractivity contribution in [2.24, 2.45) is 0 Å². The van der Waals surface area contributed by atoms with Gasteiger partial charge >= 0.3 is 0 Å². The first-order valence-electron chi connectivity index (χ1n) is 5.58. The Balaban J connectivity index is 2.11. The fraction of sp³-hybridized carbons (Fsp3) is 0.500. The number of nitrogens with one attached hydrogen (secondary N) is 1. The second kappa shape index (κ2) is 4.80. The smallest absolute Gasteiger partial charge is 0.165 e. The summed E-state index contributed by atoms with van der Waals surface area (Å²) < 4.78 is 13.2. The predicted octanol–water partition coefficient (Wildman–Crippen LogP) is 1.24. The van der Waals surface area contributed by atoms with Crippen molar-refractivity contribution >= 4 is 0 Å². The van der Waals surface area contributed by atoms with E-state index in [4.69, 9.17) is 0 Å². The number of rotatable bonds is 2. The lowest BCUT2D eigenvalue weighted by atomic mass is 10.1. The van der Waals surface area contributed by atoms with Gasteiger partial charge in [0.2, 0.25) is 0 Å². The minimum Gasteiger partial charge on any atom is -0.505 e. The Kier molecular flexibility index (Phi) is 3.41. The van der Waals surface area contributed by atoms with E-state index in [9.17, 15) is 9.50 Å². The van der Waals surface area contributed by atoms with Crippen LogP contribution in [0.2, 0.25) is 0 Å². The molecule has 1 aliphatic heterocycles. The highest BCUT2D eigenvalue weighted by Crippen LogP contribution is 2.21. The minimum atomic E-state index is -0.532. The summed E-state index contributed by atoms with van der Waals surface area (Å²) in [6.45, 7) is 6.60. The Morgan fingerprint density at radius 1 is 1.38 bits per heavy atom. The molecular formula is C12H17FN2O. The molecule has 0 saturated carbocycles. The molecule has 1 aliphatic rings. The van der Waals surface area contributed by atoms with Crippen molar-refractivity contribution in [3.05, 3.63) is 29.1 Å². The molecule has 0 bridgehead atoms. The lowest BCUT2D eigenvalue weighted by Gasteiger charge is -2.27. The number of hydrogen-bond acceptors (Lipinski definition) is 3. The summed E-state index contributed by atoms with van der Waals surface area (Å²) in [5.74, 6) is -0.794. The Labute approximate surface area is 94.9 Å². The molecule has 88 valence electrons. The Morgan fingerprint density at radius 3 is 2.75 bits per heavy atom. The predicted molar refractivity (Wildman–Crippen MR) is 60.9 cm³/mol. The molecule has 0 aliphatic carbocycles. The van der Waals surface area contributed by atoms with Crippen LogP contribution in [0, 0.1) is 12.7 Å². The zero-order valence-corrected chi connectivity index (χ0v) is 9.46. The van der Waals surface area contributed by atoms with Gasteiger partial charge in [-0.1, -0.05) is 0 Å². The average Bonchev–Trinajstić information content (AvgIpc) is 2.27. The molecule has 16 heavy (non-hydrogen) atoms. The van der Waals surface area contributed by atoms with Crippen LogP contribution in [0.25, 0.3) is 0 Å². The van der Waals surface area contributed by atoms with Crippen molar-refractivity contribution in [3.63, 3.8) is 0 Å². The number of phenolic OH excluding ortho intramolecular Hbond substituents is 1. The maximum Gasteiger partial charge on any atom is 0.165 e. The molecule has 1 aromatic carbocycles. The van der Waals surface area contributed by atoms with Crippen LogP contribution in [0.4, 0.5) is 4.39 Å². The fourth-order valence-corrected chi connectivity index (χ4v) is 1.99. The van der Waals surface area contributed by atoms with E-state index in [0.29, 0.717) is 0 Å². The summed E-state index contributed by atoms with van der Waals surface area (Å²) >= 11 is 0. The Hall–Kier alpha value is -1.13. The van der Waals surface area contributed by atoms with Crippen molar-refractivity contribution < 1.29 is 9.50 Å². The molecular weight excluding hydrogens is 207 g/mol. The standard InChI is InChI=1S/C12H17FN2O/c1-9-6-12(16)11(13)7-10(9)8-15-4-2-14-3-5-15/h6-7,14,16H,2-5,8H2,1H3. The highest BCUT2D eigenvalue weighted by molar-refractivity contribution is 5.35. The van der Waals surface area contributed by atoms with Gasteiger partial charge in [-0.15, -0.1) is 0 Å². The van der Waals surface area contributed by atoms with Gasteiger partial charge in [0.1, 0.15) is 0 Å². The first-order chi connectivity index (χ1) is 7.66. The molecule has 3 nitrogen and oxygen atoms in total. The number of hydrogen-bond donors (Lipinski definition) is 2. The van der Waals surface area contributed by atoms with E-state index in [1.807, 2.05) is 6.92 Å². The van der Waals surface area contributed by atoms with E-state index >= 15 is 0 Å². The molecule has 1 fully saturated rings. The topological polar surface area (TPSA) is 35.5 Å². The summed E-state index contributed by atoms with van der Waals surface area (Å²) in [6.07, 6.45) is 0. The first kappa shape index (κ1) is 11.4. The van der Waals surface area contributed by atoms with Gasteiger partial charge in [0.25, 0.3) is 0 Å². The third kappa shape index (κ3) is 2.51. The largest absolute Gasteiger partial charge is 0.505 e. The Morgan fingerprint density at radius 2 is 2.06 bits per heavy atom. The number of aryl methyl sites for hydroxylation is 1. The van der Waals surface area contributed by atoms with Crippen molar-refractivity contribution in [1.82, 2.24) is 10.2 Å². The van der Waals surface area contributed by atoms with Gasteiger partial charge in [0.05, 0.1) is 0 Å². The molecule has 0 aromatic heterocycles. The van der Waals surface area contributed by atoms with E-state index in [0.717, 1.165) is 43.9 Å². The number of aromatic hydroxyl groups is 1. The van der Waals surface area contributed by atoms with Gasteiger partial charge in [-0.05, 0) is 30.2 Å². The zero-order chi connectivity index (χ0) is 11.5. The number of nitrogens with zero attached hydrogens (tertiary/aromatic N) is 1. The van der Waals surface area contributed by atoms with Crippen LogP contribution in [0.3, 0.4) is 0 Å². The number of benzene rings is 1. The normalized spacial score (nSPS) is 17.6. The lowest BCUT2D eigenvalue weighted by molar-refractivity contribution is 0.232. The number of phenols is 1. The maximum absolute atomic E-state index is 13.2. The van der Waals surface area contributed by atoms with Gasteiger partial charge < -0.3 is 10.4 Å². The van der Waals surface area contributed by atoms with E-state index in [-0.39, 0.29) is 5.75 Å². The van der Waals surface area contributed by atoms with Crippen LogP contribution >= 0.6 is 0 Å². The molecule has 1 saturated heterocycles. The van der Waals surface area contributed by atoms with Crippen molar-refractivity contribution in [3.8, 4) is 5.75 Å². The van der Waals surface area contributed by atoms with Crippen molar-refractivity contribution in [1.29, 1.82) is 0 Å². The molecule has 1 heterocycles. The third-order valence-corrected chi connectivity index (χ3v) is 3.01. The summed E-state index contributed by atoms with van der Waals surface area (Å²) in [4.78, 5) is 2.29. The SMILES string of the molecule is Cc1cc(O)c(F)cc1CN1CCNCC1. The van der Waals surface area contributed by atoms with Crippen LogP contribution in [0.1, 0.15) is 11.1 Å². The molecule has 0 unspecified atom stereocenters. The summed E-state index contributed by atoms with van der Waals surface area (Å²) in [6, 6.07) is 2.93. The first-order valence-corrected chi connectivity index (χ1v) is 5.58. The van der Waals surface area contributed by atoms with Crippen LogP contribution in [0.5, 0.6) is 5.75 Å². The molecule has 2 N–H and O–H groups in total. The summed E-state index contributed by atoms with van der Waals surface area (Å²) in [5.41, 5.74) is 1.90. The second-order valence-corrected chi connectivity index (χ2v) is 4.26. The molecule has 0 atom stereocenters. The van der Waals surface area contributed by atoms with Gasteiger partial charge in [-0.25, -0.2) is 4.39 Å². The third-order valence-electron chi connectivity index (χ3n) is 3.01. The van der Waals surface area contributed by atoms with E-state index in [1.54, 1.807) is 0 Å². The van der Waals surface area contributed by atoms with E-state index in [1.165, 1.54) is 12.1 Å². The van der Waals surface area contributed by atoms with Crippen LogP contribution in [-0.2, 0) is 6.54 Å². The van der Waals surface area contributed by atoms with Crippen molar-refractivity contribution in [2.45, 2.75) is 13.5 Å². The van der Waals surface area contributed by atoms with Gasteiger partial charge in [0, 0.05) is 32.7 Å². The maximum atomic E-state index is 13.2. The summed E-state index contributed by atoms with van der Waals surface area (Å²) in [5, 5.41) is 12.5. The summed E-state index contributed by atoms with van der Waals surface area (Å²) in [7, 11) is 0. The van der Waals surface area contributed by atoms with Crippen LogP contribution in [0.15, 0.2) is 12.1 Å². The fourth-order valence-electron chi connectivity index (χ4n) is 1.99. The molecule has 0 spiro atoms. The lowest BCUT2D eigenvalue weighted by Crippen LogP contribution is -2.43. The van der Waals surface area contributed by atoms with Gasteiger partial charge in [0.15, 0.2) is 11.6 Å². The van der Waals surface area contributed by atoms with E-state index < -0.39 is 5.82 Å². The number of piperazine rings is 1. The zero-order valence-electron chi connectivity index (χ0n) is 9.46. The minimum absolute atomic E-state index is 0.262. The van der Waals surface area contributed by atoms with E-state index in [2.05, 4.69) is 10.2 Å². The van der Waals surface area contributed by atoms with Gasteiger partial charge in [-0.2, -0.15) is 0 Å². The Bertz CT molecular complexity index is 376. The molecule has 1 aromatic rings. The second-order valence-electron chi connectivity index (χ2n) is 4.26. The van der Waals surface area contributed by atoms with Crippen LogP contribution < -0.4 is 5.32 Å². The van der Waals surface area contributed by atoms with Crippen molar-refractivity contribution in [2.75, 3.05) is 26.2 Å². The molecule has 4 heteroatoms. The molecule has 2 rings (SSSR count). The van der Waals surface area contributed by atoms with Crippen LogP contribution in [-0.4, -0.2) is 36.2 Å². The van der Waals surface area contributed by atoms with Gasteiger partial charge in [-0.3, -0.25) is 4.90 Å². The molecule has 0 amide bonds. The highest BCUT2D eigenvalue weighted by atomic mass is 19.1.